The standard InChI is InChI=1S/C36H41N5O4S/c1-23-37-30-18-24(8-11-32(30)46-23)22-44-34-7-5-6-28(39-34)25-12-15-40(16-13-25)21-33-38-29-10-9-26(35(42)45-36(2,3)4)19-31(29)41(33)20-27-14-17-43-27/h5-11,18-19,25,27H,12-17,20-22H2,1-4H3. The average Bonchev–Trinajstić information content (AvgIpc) is 3.55. The van der Waals surface area contributed by atoms with Crippen molar-refractivity contribution in [2.45, 2.75) is 84.3 Å². The third kappa shape index (κ3) is 6.94. The first kappa shape index (κ1) is 30.8. The predicted octanol–water partition coefficient (Wildman–Crippen LogP) is 7.05. The van der Waals surface area contributed by atoms with Gasteiger partial charge in [0.1, 0.15) is 18.0 Å². The van der Waals surface area contributed by atoms with E-state index in [0.29, 0.717) is 24.0 Å². The minimum absolute atomic E-state index is 0.173. The molecule has 240 valence electrons. The monoisotopic (exact) mass is 639 g/mol. The molecule has 3 aromatic heterocycles. The van der Waals surface area contributed by atoms with Gasteiger partial charge in [-0.3, -0.25) is 4.90 Å². The number of esters is 1. The molecular formula is C36H41N5O4S. The van der Waals surface area contributed by atoms with Gasteiger partial charge in [-0.2, -0.15) is 0 Å². The topological polar surface area (TPSA) is 91.6 Å². The van der Waals surface area contributed by atoms with Crippen LogP contribution in [0.25, 0.3) is 21.3 Å². The Labute approximate surface area is 273 Å². The Bertz CT molecular complexity index is 1860. The molecule has 2 aliphatic heterocycles. The number of benzene rings is 2. The Kier molecular flexibility index (Phi) is 8.52. The fourth-order valence-corrected chi connectivity index (χ4v) is 7.06. The van der Waals surface area contributed by atoms with Crippen LogP contribution in [-0.2, 0) is 29.2 Å². The first-order valence-corrected chi connectivity index (χ1v) is 17.0. The SMILES string of the molecule is Cc1nc2cc(COc3cccc(C4CCN(Cc5nc6ccc(C(=O)OC(C)(C)C)cc6n5CC5CCO5)CC4)n3)ccc2s1. The van der Waals surface area contributed by atoms with Crippen molar-refractivity contribution in [3.63, 3.8) is 0 Å². The highest BCUT2D eigenvalue weighted by atomic mass is 32.1. The van der Waals surface area contributed by atoms with Crippen LogP contribution < -0.4 is 4.74 Å². The molecule has 2 aromatic carbocycles. The zero-order chi connectivity index (χ0) is 31.8. The summed E-state index contributed by atoms with van der Waals surface area (Å²) in [5.41, 5.74) is 5.03. The van der Waals surface area contributed by atoms with Crippen molar-refractivity contribution >= 4 is 38.6 Å². The summed E-state index contributed by atoms with van der Waals surface area (Å²) in [6.45, 7) is 12.3. The maximum atomic E-state index is 12.8. The van der Waals surface area contributed by atoms with E-state index in [1.807, 2.05) is 58.0 Å². The number of rotatable bonds is 9. The van der Waals surface area contributed by atoms with Gasteiger partial charge in [-0.1, -0.05) is 12.1 Å². The lowest BCUT2D eigenvalue weighted by Crippen LogP contribution is -2.35. The fraction of sp³-hybridized carbons (Fsp3) is 0.444. The number of carbonyl (C=O) groups excluding carboxylic acids is 1. The summed E-state index contributed by atoms with van der Waals surface area (Å²) in [5, 5.41) is 1.07. The summed E-state index contributed by atoms with van der Waals surface area (Å²) in [7, 11) is 0. The molecule has 2 fully saturated rings. The van der Waals surface area contributed by atoms with Crippen molar-refractivity contribution in [1.29, 1.82) is 0 Å². The number of hydrogen-bond donors (Lipinski definition) is 0. The molecular weight excluding hydrogens is 598 g/mol. The quantitative estimate of drug-likeness (QED) is 0.159. The van der Waals surface area contributed by atoms with E-state index >= 15 is 0 Å². The lowest BCUT2D eigenvalue weighted by molar-refractivity contribution is -0.0592. The molecule has 0 N–H and O–H groups in total. The van der Waals surface area contributed by atoms with Crippen molar-refractivity contribution in [2.75, 3.05) is 19.7 Å². The van der Waals surface area contributed by atoms with Crippen molar-refractivity contribution in [3.8, 4) is 5.88 Å². The molecule has 2 aliphatic rings. The number of thiazole rings is 1. The lowest BCUT2D eigenvalue weighted by atomic mass is 9.93. The highest BCUT2D eigenvalue weighted by Crippen LogP contribution is 2.30. The van der Waals surface area contributed by atoms with E-state index in [-0.39, 0.29) is 12.1 Å². The number of pyridine rings is 1. The molecule has 1 atom stereocenters. The summed E-state index contributed by atoms with van der Waals surface area (Å²) in [6, 6.07) is 18.1. The number of aromatic nitrogens is 4. The molecule has 5 heterocycles. The summed E-state index contributed by atoms with van der Waals surface area (Å²) < 4.78 is 21.0. The molecule has 0 aliphatic carbocycles. The van der Waals surface area contributed by atoms with Crippen LogP contribution in [0.15, 0.2) is 54.6 Å². The van der Waals surface area contributed by atoms with Crippen LogP contribution in [0.1, 0.15) is 78.4 Å². The summed E-state index contributed by atoms with van der Waals surface area (Å²) in [4.78, 5) is 29.9. The minimum atomic E-state index is -0.552. The van der Waals surface area contributed by atoms with Gasteiger partial charge in [-0.15, -0.1) is 11.3 Å². The average molecular weight is 640 g/mol. The smallest absolute Gasteiger partial charge is 0.338 e. The van der Waals surface area contributed by atoms with Crippen LogP contribution in [0.3, 0.4) is 0 Å². The molecule has 0 bridgehead atoms. The van der Waals surface area contributed by atoms with E-state index in [0.717, 1.165) is 90.7 Å². The Morgan fingerprint density at radius 3 is 2.59 bits per heavy atom. The van der Waals surface area contributed by atoms with E-state index in [1.54, 1.807) is 11.3 Å². The van der Waals surface area contributed by atoms with Crippen LogP contribution in [0.4, 0.5) is 0 Å². The van der Waals surface area contributed by atoms with Gasteiger partial charge in [0.2, 0.25) is 5.88 Å². The molecule has 1 unspecified atom stereocenters. The first-order chi connectivity index (χ1) is 22.2. The number of imidazole rings is 1. The molecule has 10 heteroatoms. The second-order valence-electron chi connectivity index (χ2n) is 13.4. The Balaban J connectivity index is 1.00. The zero-order valence-electron chi connectivity index (χ0n) is 27.0. The largest absolute Gasteiger partial charge is 0.473 e. The lowest BCUT2D eigenvalue weighted by Gasteiger charge is -2.32. The number of nitrogens with zero attached hydrogens (tertiary/aromatic N) is 5. The molecule has 9 nitrogen and oxygen atoms in total. The summed E-state index contributed by atoms with van der Waals surface area (Å²) in [5.74, 6) is 1.73. The second-order valence-corrected chi connectivity index (χ2v) is 14.6. The number of ether oxygens (including phenoxy) is 3. The normalized spacial score (nSPS) is 17.8. The highest BCUT2D eigenvalue weighted by Gasteiger charge is 2.27. The van der Waals surface area contributed by atoms with Gasteiger partial charge in [-0.25, -0.2) is 19.7 Å². The van der Waals surface area contributed by atoms with Crippen LogP contribution in [0, 0.1) is 6.92 Å². The number of piperidine rings is 1. The molecule has 0 spiro atoms. The Morgan fingerprint density at radius 2 is 1.83 bits per heavy atom. The highest BCUT2D eigenvalue weighted by molar-refractivity contribution is 7.18. The maximum absolute atomic E-state index is 12.8. The summed E-state index contributed by atoms with van der Waals surface area (Å²) in [6.07, 6.45) is 3.25. The van der Waals surface area contributed by atoms with E-state index in [2.05, 4.69) is 38.7 Å². The van der Waals surface area contributed by atoms with Gasteiger partial charge < -0.3 is 18.8 Å². The molecule has 0 radical (unpaired) electrons. The van der Waals surface area contributed by atoms with Gasteiger partial charge in [0.05, 0.1) is 51.0 Å². The fourth-order valence-electron chi connectivity index (χ4n) is 6.25. The Hall–Kier alpha value is -3.86. The van der Waals surface area contributed by atoms with Crippen LogP contribution >= 0.6 is 11.3 Å². The number of carbonyl (C=O) groups is 1. The maximum Gasteiger partial charge on any atom is 0.338 e. The van der Waals surface area contributed by atoms with E-state index in [4.69, 9.17) is 24.2 Å². The van der Waals surface area contributed by atoms with Crippen molar-refractivity contribution in [3.05, 3.63) is 82.3 Å². The molecule has 7 rings (SSSR count). The van der Waals surface area contributed by atoms with Gasteiger partial charge in [0.15, 0.2) is 0 Å². The van der Waals surface area contributed by atoms with Crippen LogP contribution in [-0.4, -0.2) is 61.8 Å². The molecule has 0 saturated carbocycles. The van der Waals surface area contributed by atoms with Crippen LogP contribution in [0.2, 0.25) is 0 Å². The van der Waals surface area contributed by atoms with E-state index < -0.39 is 5.60 Å². The van der Waals surface area contributed by atoms with Gasteiger partial charge >= 0.3 is 5.97 Å². The van der Waals surface area contributed by atoms with Crippen LogP contribution in [0.5, 0.6) is 5.88 Å². The second kappa shape index (κ2) is 12.7. The molecule has 0 amide bonds. The summed E-state index contributed by atoms with van der Waals surface area (Å²) >= 11 is 1.71. The van der Waals surface area contributed by atoms with E-state index in [9.17, 15) is 4.79 Å². The van der Waals surface area contributed by atoms with Gasteiger partial charge in [-0.05, 0) is 102 Å². The molecule has 5 aromatic rings. The number of aryl methyl sites for hydroxylation is 1. The molecule has 46 heavy (non-hydrogen) atoms. The van der Waals surface area contributed by atoms with Gasteiger partial charge in [0.25, 0.3) is 0 Å². The van der Waals surface area contributed by atoms with Crippen molar-refractivity contribution < 1.29 is 19.0 Å². The van der Waals surface area contributed by atoms with Gasteiger partial charge in [0, 0.05) is 24.3 Å². The predicted molar refractivity (Wildman–Crippen MR) is 179 cm³/mol. The van der Waals surface area contributed by atoms with E-state index in [1.165, 1.54) is 4.70 Å². The number of likely N-dealkylation sites (tertiary alicyclic amines) is 1. The Morgan fingerprint density at radius 1 is 1.00 bits per heavy atom. The zero-order valence-corrected chi connectivity index (χ0v) is 27.8. The van der Waals surface area contributed by atoms with Crippen molar-refractivity contribution in [1.82, 2.24) is 24.4 Å². The molecule has 2 saturated heterocycles. The number of fused-ring (bicyclic) bond motifs is 2. The minimum Gasteiger partial charge on any atom is -0.473 e. The third-order valence-corrected chi connectivity index (χ3v) is 9.65. The van der Waals surface area contributed by atoms with Crippen molar-refractivity contribution in [2.24, 2.45) is 0 Å². The first-order valence-electron chi connectivity index (χ1n) is 16.2. The number of hydrogen-bond acceptors (Lipinski definition) is 9. The third-order valence-electron chi connectivity index (χ3n) is 8.70.